The molecule has 0 atom stereocenters. The molecule has 0 radical (unpaired) electrons. The van der Waals surface area contributed by atoms with E-state index in [-0.39, 0.29) is 29.4 Å². The molecule has 2 N–H and O–H groups in total. The molecule has 28 heavy (non-hydrogen) atoms. The fourth-order valence-corrected chi connectivity index (χ4v) is 3.82. The first kappa shape index (κ1) is 22.5. The first-order chi connectivity index (χ1) is 13.1. The van der Waals surface area contributed by atoms with Gasteiger partial charge >= 0.3 is 0 Å². The zero-order chi connectivity index (χ0) is 19.3. The number of hydrogen-bond donors (Lipinski definition) is 2. The number of aromatic nitrogens is 1. The van der Waals surface area contributed by atoms with Crippen molar-refractivity contribution in [3.8, 4) is 5.75 Å². The molecule has 1 aliphatic rings. The van der Waals surface area contributed by atoms with Crippen molar-refractivity contribution in [3.63, 3.8) is 0 Å². The molecule has 7 heteroatoms. The molecule has 1 fully saturated rings. The van der Waals surface area contributed by atoms with Crippen molar-refractivity contribution in [3.05, 3.63) is 47.2 Å². The fourth-order valence-electron chi connectivity index (χ4n) is 3.82. The summed E-state index contributed by atoms with van der Waals surface area (Å²) in [6, 6.07) is 8.46. The minimum absolute atomic E-state index is 0. The van der Waals surface area contributed by atoms with Crippen molar-refractivity contribution in [2.75, 3.05) is 20.7 Å². The predicted molar refractivity (Wildman–Crippen MR) is 123 cm³/mol. The molecule has 2 aromatic rings. The van der Waals surface area contributed by atoms with Gasteiger partial charge in [0.25, 0.3) is 0 Å². The van der Waals surface area contributed by atoms with Crippen LogP contribution >= 0.6 is 24.0 Å². The molecular formula is C21H31IN4O2. The highest BCUT2D eigenvalue weighted by molar-refractivity contribution is 14.0. The number of methoxy groups -OCH3 is 1. The number of aryl methyl sites for hydroxylation is 2. The number of guanidine groups is 1. The summed E-state index contributed by atoms with van der Waals surface area (Å²) in [5.41, 5.74) is 2.38. The molecule has 3 rings (SSSR count). The van der Waals surface area contributed by atoms with Crippen molar-refractivity contribution in [1.29, 1.82) is 0 Å². The van der Waals surface area contributed by atoms with Crippen LogP contribution in [0.5, 0.6) is 5.75 Å². The van der Waals surface area contributed by atoms with E-state index in [0.29, 0.717) is 12.4 Å². The number of rotatable bonds is 6. The maximum atomic E-state index is 5.63. The van der Waals surface area contributed by atoms with Gasteiger partial charge in [0, 0.05) is 19.0 Å². The van der Waals surface area contributed by atoms with Gasteiger partial charge in [-0.15, -0.1) is 24.0 Å². The van der Waals surface area contributed by atoms with E-state index in [0.717, 1.165) is 29.7 Å². The van der Waals surface area contributed by atoms with Crippen LogP contribution in [0.15, 0.2) is 33.7 Å². The summed E-state index contributed by atoms with van der Waals surface area (Å²) in [7, 11) is 3.50. The Bertz CT molecular complexity index is 778. The molecule has 0 bridgehead atoms. The van der Waals surface area contributed by atoms with Gasteiger partial charge in [-0.3, -0.25) is 4.99 Å². The minimum atomic E-state index is 0. The van der Waals surface area contributed by atoms with E-state index in [1.165, 1.54) is 31.2 Å². The third-order valence-electron chi connectivity index (χ3n) is 5.54. The van der Waals surface area contributed by atoms with Crippen LogP contribution in [0.4, 0.5) is 0 Å². The van der Waals surface area contributed by atoms with Gasteiger partial charge in [0.1, 0.15) is 11.5 Å². The number of ether oxygens (including phenoxy) is 1. The van der Waals surface area contributed by atoms with Gasteiger partial charge in [-0.25, -0.2) is 4.98 Å². The van der Waals surface area contributed by atoms with Gasteiger partial charge < -0.3 is 19.8 Å². The largest absolute Gasteiger partial charge is 0.497 e. The van der Waals surface area contributed by atoms with Gasteiger partial charge in [-0.2, -0.15) is 0 Å². The Labute approximate surface area is 184 Å². The third kappa shape index (κ3) is 5.18. The fraction of sp³-hybridized carbons (Fsp3) is 0.524. The van der Waals surface area contributed by atoms with E-state index in [1.807, 2.05) is 19.9 Å². The van der Waals surface area contributed by atoms with Crippen LogP contribution in [0, 0.1) is 13.8 Å². The minimum Gasteiger partial charge on any atom is -0.497 e. The highest BCUT2D eigenvalue weighted by Gasteiger charge is 2.36. The molecule has 0 spiro atoms. The predicted octanol–water partition coefficient (Wildman–Crippen LogP) is 4.10. The van der Waals surface area contributed by atoms with E-state index in [4.69, 9.17) is 9.15 Å². The average Bonchev–Trinajstić information content (AvgIpc) is 3.29. The zero-order valence-corrected chi connectivity index (χ0v) is 19.5. The molecule has 1 aromatic carbocycles. The Morgan fingerprint density at radius 2 is 2.00 bits per heavy atom. The van der Waals surface area contributed by atoms with Gasteiger partial charge in [-0.1, -0.05) is 25.0 Å². The number of nitrogens with zero attached hydrogens (tertiary/aromatic N) is 2. The number of halogens is 1. The summed E-state index contributed by atoms with van der Waals surface area (Å²) in [4.78, 5) is 8.76. The second-order valence-electron chi connectivity index (χ2n) is 7.25. The summed E-state index contributed by atoms with van der Waals surface area (Å²) in [6.45, 7) is 5.23. The van der Waals surface area contributed by atoms with E-state index in [9.17, 15) is 0 Å². The van der Waals surface area contributed by atoms with Gasteiger partial charge in [0.15, 0.2) is 5.96 Å². The first-order valence-corrected chi connectivity index (χ1v) is 9.58. The van der Waals surface area contributed by atoms with Crippen LogP contribution in [-0.4, -0.2) is 31.6 Å². The molecule has 0 saturated heterocycles. The number of aliphatic imine (C=N–C) groups is 1. The van der Waals surface area contributed by atoms with Crippen LogP contribution in [0.2, 0.25) is 0 Å². The first-order valence-electron chi connectivity index (χ1n) is 9.58. The maximum absolute atomic E-state index is 5.63. The van der Waals surface area contributed by atoms with E-state index in [1.54, 1.807) is 14.2 Å². The van der Waals surface area contributed by atoms with Crippen molar-refractivity contribution >= 4 is 29.9 Å². The number of hydrogen-bond acceptors (Lipinski definition) is 4. The smallest absolute Gasteiger partial charge is 0.214 e. The molecule has 0 amide bonds. The molecule has 1 aromatic heterocycles. The lowest BCUT2D eigenvalue weighted by Gasteiger charge is -2.31. The van der Waals surface area contributed by atoms with Gasteiger partial charge in [0.05, 0.1) is 19.3 Å². The quantitative estimate of drug-likeness (QED) is 0.357. The van der Waals surface area contributed by atoms with Crippen molar-refractivity contribution in [1.82, 2.24) is 15.6 Å². The van der Waals surface area contributed by atoms with Gasteiger partial charge in [0.2, 0.25) is 5.89 Å². The third-order valence-corrected chi connectivity index (χ3v) is 5.54. The SMILES string of the molecule is CN=C(NCc1nc(C)c(C)o1)NCC1(c2cccc(OC)c2)CCCC1.I. The van der Waals surface area contributed by atoms with Gasteiger partial charge in [-0.05, 0) is 44.4 Å². The number of benzene rings is 1. The Morgan fingerprint density at radius 1 is 1.25 bits per heavy atom. The lowest BCUT2D eigenvalue weighted by atomic mass is 9.78. The molecule has 6 nitrogen and oxygen atoms in total. The second-order valence-corrected chi connectivity index (χ2v) is 7.25. The number of nitrogens with one attached hydrogen (secondary N) is 2. The van der Waals surface area contributed by atoms with Crippen LogP contribution in [0.25, 0.3) is 0 Å². The van der Waals surface area contributed by atoms with Crippen molar-refractivity contribution < 1.29 is 9.15 Å². The highest BCUT2D eigenvalue weighted by Crippen LogP contribution is 2.41. The molecule has 0 aliphatic heterocycles. The summed E-state index contributed by atoms with van der Waals surface area (Å²) in [5, 5.41) is 6.81. The Morgan fingerprint density at radius 3 is 2.61 bits per heavy atom. The number of oxazole rings is 1. The molecule has 1 heterocycles. The lowest BCUT2D eigenvalue weighted by molar-refractivity contribution is 0.403. The highest BCUT2D eigenvalue weighted by atomic mass is 127. The Hall–Kier alpha value is -1.77. The molecule has 154 valence electrons. The normalized spacial score (nSPS) is 15.8. The monoisotopic (exact) mass is 498 g/mol. The lowest BCUT2D eigenvalue weighted by Crippen LogP contribution is -2.44. The summed E-state index contributed by atoms with van der Waals surface area (Å²) >= 11 is 0. The van der Waals surface area contributed by atoms with E-state index >= 15 is 0 Å². The molecule has 1 saturated carbocycles. The molecule has 1 aliphatic carbocycles. The Kier molecular flexibility index (Phi) is 8.15. The van der Waals surface area contributed by atoms with E-state index in [2.05, 4.69) is 38.8 Å². The van der Waals surface area contributed by atoms with Crippen LogP contribution in [0.1, 0.15) is 48.6 Å². The topological polar surface area (TPSA) is 71.7 Å². The summed E-state index contributed by atoms with van der Waals surface area (Å²) in [6.07, 6.45) is 4.84. The van der Waals surface area contributed by atoms with Crippen molar-refractivity contribution in [2.45, 2.75) is 51.5 Å². The summed E-state index contributed by atoms with van der Waals surface area (Å²) in [5.74, 6) is 3.21. The average molecular weight is 498 g/mol. The summed E-state index contributed by atoms with van der Waals surface area (Å²) < 4.78 is 11.1. The van der Waals surface area contributed by atoms with E-state index < -0.39 is 0 Å². The Balaban J connectivity index is 0.00000280. The molecule has 0 unspecified atom stereocenters. The van der Waals surface area contributed by atoms with Crippen LogP contribution < -0.4 is 15.4 Å². The molecular weight excluding hydrogens is 467 g/mol. The van der Waals surface area contributed by atoms with Crippen molar-refractivity contribution in [2.24, 2.45) is 4.99 Å². The zero-order valence-electron chi connectivity index (χ0n) is 17.2. The maximum Gasteiger partial charge on any atom is 0.214 e. The van der Waals surface area contributed by atoms with Crippen LogP contribution in [0.3, 0.4) is 0 Å². The standard InChI is InChI=1S/C21H30N4O2.HI/c1-15-16(2)27-19(25-15)13-23-20(22-3)24-14-21(10-5-6-11-21)17-8-7-9-18(12-17)26-4;/h7-9,12H,5-6,10-11,13-14H2,1-4H3,(H2,22,23,24);1H. The van der Waals surface area contributed by atoms with Crippen LogP contribution in [-0.2, 0) is 12.0 Å². The second kappa shape index (κ2) is 10.1.